The molecule has 0 fully saturated rings. The summed E-state index contributed by atoms with van der Waals surface area (Å²) in [4.78, 5) is 13.1. The van der Waals surface area contributed by atoms with Gasteiger partial charge in [0.15, 0.2) is 0 Å². The Morgan fingerprint density at radius 3 is 2.53 bits per heavy atom. The second kappa shape index (κ2) is 5.04. The maximum atomic E-state index is 4.54. The van der Waals surface area contributed by atoms with E-state index in [-0.39, 0.29) is 0 Å². The zero-order valence-corrected chi connectivity index (χ0v) is 10.6. The normalized spacial score (nSPS) is 10.5. The predicted octanol–water partition coefficient (Wildman–Crippen LogP) is 2.64. The molecule has 0 aliphatic heterocycles. The summed E-state index contributed by atoms with van der Waals surface area (Å²) in [6.07, 6.45) is 5.47. The van der Waals surface area contributed by atoms with Crippen molar-refractivity contribution in [1.82, 2.24) is 15.0 Å². The van der Waals surface area contributed by atoms with Gasteiger partial charge in [-0.3, -0.25) is 4.98 Å². The summed E-state index contributed by atoms with van der Waals surface area (Å²) in [5.41, 5.74) is 4.66. The molecule has 2 rings (SSSR count). The van der Waals surface area contributed by atoms with E-state index in [9.17, 15) is 0 Å². The van der Waals surface area contributed by atoms with Crippen molar-refractivity contribution in [3.8, 4) is 0 Å². The lowest BCUT2D eigenvalue weighted by atomic mass is 10.1. The molecule has 0 aromatic carbocycles. The van der Waals surface area contributed by atoms with Crippen molar-refractivity contribution in [3.05, 3.63) is 52.9 Å². The fraction of sp³-hybridized carbons (Fsp3) is 0.357. The van der Waals surface area contributed by atoms with Gasteiger partial charge in [0.1, 0.15) is 5.82 Å². The Hall–Kier alpha value is -1.77. The number of hydrogen-bond donors (Lipinski definition) is 0. The summed E-state index contributed by atoms with van der Waals surface area (Å²) in [5, 5.41) is 0. The van der Waals surface area contributed by atoms with Gasteiger partial charge in [-0.2, -0.15) is 0 Å². The van der Waals surface area contributed by atoms with Crippen LogP contribution in [0.4, 0.5) is 0 Å². The molecule has 17 heavy (non-hydrogen) atoms. The van der Waals surface area contributed by atoms with Crippen molar-refractivity contribution in [2.45, 2.75) is 33.6 Å². The van der Waals surface area contributed by atoms with Crippen LogP contribution in [-0.2, 0) is 12.8 Å². The van der Waals surface area contributed by atoms with Gasteiger partial charge in [0.2, 0.25) is 0 Å². The monoisotopic (exact) mass is 227 g/mol. The molecule has 0 saturated carbocycles. The van der Waals surface area contributed by atoms with Gasteiger partial charge in [0.25, 0.3) is 0 Å². The van der Waals surface area contributed by atoms with Crippen molar-refractivity contribution < 1.29 is 0 Å². The first kappa shape index (κ1) is 11.7. The summed E-state index contributed by atoms with van der Waals surface area (Å²) in [6.45, 7) is 6.18. The van der Waals surface area contributed by atoms with E-state index >= 15 is 0 Å². The fourth-order valence-corrected chi connectivity index (χ4v) is 1.96. The lowest BCUT2D eigenvalue weighted by Crippen LogP contribution is -2.05. The Morgan fingerprint density at radius 1 is 1.12 bits per heavy atom. The second-order valence-corrected chi connectivity index (χ2v) is 4.18. The maximum Gasteiger partial charge on any atom is 0.125 e. The summed E-state index contributed by atoms with van der Waals surface area (Å²) in [6, 6.07) is 4.04. The van der Waals surface area contributed by atoms with Crippen LogP contribution < -0.4 is 0 Å². The smallest absolute Gasteiger partial charge is 0.125 e. The van der Waals surface area contributed by atoms with Crippen LogP contribution in [0.5, 0.6) is 0 Å². The zero-order valence-electron chi connectivity index (χ0n) is 10.6. The molecule has 2 aromatic rings. The highest BCUT2D eigenvalue weighted by atomic mass is 14.9. The first-order valence-corrected chi connectivity index (χ1v) is 5.92. The summed E-state index contributed by atoms with van der Waals surface area (Å²) < 4.78 is 0. The minimum Gasteiger partial charge on any atom is -0.264 e. The third kappa shape index (κ3) is 2.67. The molecule has 0 amide bonds. The maximum absolute atomic E-state index is 4.54. The van der Waals surface area contributed by atoms with Crippen molar-refractivity contribution in [2.75, 3.05) is 0 Å². The average molecular weight is 227 g/mol. The van der Waals surface area contributed by atoms with Crippen LogP contribution >= 0.6 is 0 Å². The molecule has 0 spiro atoms. The van der Waals surface area contributed by atoms with Crippen molar-refractivity contribution in [1.29, 1.82) is 0 Å². The van der Waals surface area contributed by atoms with Crippen LogP contribution in [-0.4, -0.2) is 15.0 Å². The number of rotatable bonds is 3. The first-order valence-electron chi connectivity index (χ1n) is 5.92. The van der Waals surface area contributed by atoms with Gasteiger partial charge in [-0.15, -0.1) is 0 Å². The van der Waals surface area contributed by atoms with E-state index in [1.165, 1.54) is 11.1 Å². The Balaban J connectivity index is 2.36. The van der Waals surface area contributed by atoms with Gasteiger partial charge in [0, 0.05) is 24.5 Å². The van der Waals surface area contributed by atoms with E-state index in [4.69, 9.17) is 0 Å². The van der Waals surface area contributed by atoms with E-state index in [0.717, 1.165) is 30.1 Å². The van der Waals surface area contributed by atoms with Gasteiger partial charge in [-0.05, 0) is 37.5 Å². The standard InChI is InChI=1S/C14H17N3/c1-4-13-10(2)14(17-11(3)16-13)8-12-6-5-7-15-9-12/h5-7,9H,4,8H2,1-3H3. The zero-order chi connectivity index (χ0) is 12.3. The van der Waals surface area contributed by atoms with Gasteiger partial charge < -0.3 is 0 Å². The number of nitrogens with zero attached hydrogens (tertiary/aromatic N) is 3. The largest absolute Gasteiger partial charge is 0.264 e. The van der Waals surface area contributed by atoms with E-state index < -0.39 is 0 Å². The molecule has 0 saturated heterocycles. The van der Waals surface area contributed by atoms with E-state index in [1.54, 1.807) is 6.20 Å². The number of aryl methyl sites for hydroxylation is 2. The van der Waals surface area contributed by atoms with Crippen molar-refractivity contribution in [2.24, 2.45) is 0 Å². The lowest BCUT2D eigenvalue weighted by molar-refractivity contribution is 0.877. The van der Waals surface area contributed by atoms with E-state index in [0.29, 0.717) is 0 Å². The van der Waals surface area contributed by atoms with E-state index in [1.807, 2.05) is 19.2 Å². The van der Waals surface area contributed by atoms with Crippen molar-refractivity contribution in [3.63, 3.8) is 0 Å². The molecule has 0 atom stereocenters. The number of pyridine rings is 1. The molecule has 0 aliphatic carbocycles. The Kier molecular flexibility index (Phi) is 3.47. The minimum atomic E-state index is 0.829. The van der Waals surface area contributed by atoms with Gasteiger partial charge in [0.05, 0.1) is 5.69 Å². The molecule has 0 bridgehead atoms. The molecule has 88 valence electrons. The average Bonchev–Trinajstić information content (AvgIpc) is 2.34. The quantitative estimate of drug-likeness (QED) is 0.809. The van der Waals surface area contributed by atoms with E-state index in [2.05, 4.69) is 34.9 Å². The SMILES string of the molecule is CCc1nc(C)nc(Cc2cccnc2)c1C. The van der Waals surface area contributed by atoms with Crippen LogP contribution in [0.2, 0.25) is 0 Å². The van der Waals surface area contributed by atoms with Gasteiger partial charge in [-0.25, -0.2) is 9.97 Å². The molecule has 0 aliphatic rings. The van der Waals surface area contributed by atoms with Gasteiger partial charge >= 0.3 is 0 Å². The lowest BCUT2D eigenvalue weighted by Gasteiger charge is -2.09. The highest BCUT2D eigenvalue weighted by molar-refractivity contribution is 5.29. The first-order chi connectivity index (χ1) is 8.20. The minimum absolute atomic E-state index is 0.829. The number of hydrogen-bond acceptors (Lipinski definition) is 3. The van der Waals surface area contributed by atoms with Crippen molar-refractivity contribution >= 4 is 0 Å². The van der Waals surface area contributed by atoms with Crippen LogP contribution in [0.15, 0.2) is 24.5 Å². The van der Waals surface area contributed by atoms with Crippen LogP contribution in [0.3, 0.4) is 0 Å². The Bertz CT molecular complexity index is 506. The Morgan fingerprint density at radius 2 is 1.88 bits per heavy atom. The second-order valence-electron chi connectivity index (χ2n) is 4.18. The molecule has 2 heterocycles. The molecule has 3 nitrogen and oxygen atoms in total. The topological polar surface area (TPSA) is 38.7 Å². The molecule has 0 radical (unpaired) electrons. The summed E-state index contributed by atoms with van der Waals surface area (Å²) in [5.74, 6) is 0.853. The van der Waals surface area contributed by atoms with Crippen LogP contribution in [0, 0.1) is 13.8 Å². The highest BCUT2D eigenvalue weighted by Gasteiger charge is 2.08. The molecular formula is C14H17N3. The summed E-state index contributed by atoms with van der Waals surface area (Å²) >= 11 is 0. The molecule has 2 aromatic heterocycles. The molecule has 0 unspecified atom stereocenters. The van der Waals surface area contributed by atoms with Gasteiger partial charge in [-0.1, -0.05) is 13.0 Å². The molecular weight excluding hydrogens is 210 g/mol. The third-order valence-electron chi connectivity index (χ3n) is 2.89. The molecule has 0 N–H and O–H groups in total. The summed E-state index contributed by atoms with van der Waals surface area (Å²) in [7, 11) is 0. The van der Waals surface area contributed by atoms with Crippen LogP contribution in [0.25, 0.3) is 0 Å². The van der Waals surface area contributed by atoms with Crippen LogP contribution in [0.1, 0.15) is 35.3 Å². The predicted molar refractivity (Wildman–Crippen MR) is 67.9 cm³/mol. The third-order valence-corrected chi connectivity index (χ3v) is 2.89. The number of aromatic nitrogens is 3. The molecule has 3 heteroatoms. The Labute approximate surface area is 102 Å². The highest BCUT2D eigenvalue weighted by Crippen LogP contribution is 2.14. The fourth-order valence-electron chi connectivity index (χ4n) is 1.96.